The van der Waals surface area contributed by atoms with Crippen LogP contribution in [0.3, 0.4) is 0 Å². The van der Waals surface area contributed by atoms with Gasteiger partial charge in [0.05, 0.1) is 0 Å². The molecule has 0 atom stereocenters. The van der Waals surface area contributed by atoms with Gasteiger partial charge in [-0.15, -0.1) is 0 Å². The molecule has 6 heteroatoms. The van der Waals surface area contributed by atoms with Crippen molar-refractivity contribution in [3.05, 3.63) is 12.3 Å². The van der Waals surface area contributed by atoms with E-state index in [0.29, 0.717) is 25.0 Å². The van der Waals surface area contributed by atoms with Crippen LogP contribution in [0.15, 0.2) is 12.3 Å². The van der Waals surface area contributed by atoms with Crippen molar-refractivity contribution in [1.82, 2.24) is 15.3 Å². The average molecular weight is 237 g/mol. The Hall–Kier alpha value is -1.40. The lowest BCUT2D eigenvalue weighted by Crippen LogP contribution is -2.57. The SMILES string of the molecule is CNC1CN(c2ccnc(NCCCO)n2)C1. The van der Waals surface area contributed by atoms with E-state index in [0.717, 1.165) is 18.9 Å². The van der Waals surface area contributed by atoms with Crippen molar-refractivity contribution < 1.29 is 5.11 Å². The van der Waals surface area contributed by atoms with Crippen molar-refractivity contribution in [2.45, 2.75) is 12.5 Å². The molecule has 2 rings (SSSR count). The topological polar surface area (TPSA) is 73.3 Å². The molecule has 0 bridgehead atoms. The minimum atomic E-state index is 0.183. The van der Waals surface area contributed by atoms with Gasteiger partial charge >= 0.3 is 0 Å². The number of aromatic nitrogens is 2. The Morgan fingerprint density at radius 2 is 2.35 bits per heavy atom. The highest BCUT2D eigenvalue weighted by Gasteiger charge is 2.26. The molecule has 1 aliphatic heterocycles. The van der Waals surface area contributed by atoms with E-state index in [9.17, 15) is 0 Å². The first-order valence-electron chi connectivity index (χ1n) is 5.93. The van der Waals surface area contributed by atoms with E-state index in [4.69, 9.17) is 5.11 Å². The molecule has 1 fully saturated rings. The second kappa shape index (κ2) is 5.79. The molecular weight excluding hydrogens is 218 g/mol. The van der Waals surface area contributed by atoms with Crippen molar-refractivity contribution in [2.75, 3.05) is 43.5 Å². The first kappa shape index (κ1) is 12.1. The van der Waals surface area contributed by atoms with Gasteiger partial charge in [-0.05, 0) is 19.5 Å². The molecule has 1 saturated heterocycles. The third kappa shape index (κ3) is 3.04. The molecule has 0 radical (unpaired) electrons. The number of nitrogens with zero attached hydrogens (tertiary/aromatic N) is 3. The Morgan fingerprint density at radius 1 is 1.53 bits per heavy atom. The molecule has 0 aromatic carbocycles. The molecule has 17 heavy (non-hydrogen) atoms. The summed E-state index contributed by atoms with van der Waals surface area (Å²) in [4.78, 5) is 10.8. The third-order valence-electron chi connectivity index (χ3n) is 2.87. The highest BCUT2D eigenvalue weighted by Crippen LogP contribution is 2.18. The van der Waals surface area contributed by atoms with Gasteiger partial charge in [0.1, 0.15) is 5.82 Å². The molecule has 94 valence electrons. The number of anilines is 2. The van der Waals surface area contributed by atoms with E-state index >= 15 is 0 Å². The fraction of sp³-hybridized carbons (Fsp3) is 0.636. The Bertz CT molecular complexity index is 353. The number of aliphatic hydroxyl groups excluding tert-OH is 1. The van der Waals surface area contributed by atoms with Gasteiger partial charge in [0, 0.05) is 38.5 Å². The number of likely N-dealkylation sites (N-methyl/N-ethyl adjacent to an activating group) is 1. The van der Waals surface area contributed by atoms with Crippen LogP contribution in [0.4, 0.5) is 11.8 Å². The van der Waals surface area contributed by atoms with Gasteiger partial charge in [0.15, 0.2) is 0 Å². The summed E-state index contributed by atoms with van der Waals surface area (Å²) >= 11 is 0. The van der Waals surface area contributed by atoms with Gasteiger partial charge in [-0.3, -0.25) is 0 Å². The van der Waals surface area contributed by atoms with Gasteiger partial charge in [-0.2, -0.15) is 4.98 Å². The zero-order valence-corrected chi connectivity index (χ0v) is 10.1. The number of aliphatic hydroxyl groups is 1. The third-order valence-corrected chi connectivity index (χ3v) is 2.87. The maximum Gasteiger partial charge on any atom is 0.224 e. The van der Waals surface area contributed by atoms with Gasteiger partial charge in [0.25, 0.3) is 0 Å². The summed E-state index contributed by atoms with van der Waals surface area (Å²) in [5, 5.41) is 15.0. The van der Waals surface area contributed by atoms with Crippen LogP contribution in [0.5, 0.6) is 0 Å². The summed E-state index contributed by atoms with van der Waals surface area (Å²) in [6.07, 6.45) is 2.47. The summed E-state index contributed by atoms with van der Waals surface area (Å²) < 4.78 is 0. The molecule has 1 aromatic heterocycles. The Labute approximate surface area is 101 Å². The van der Waals surface area contributed by atoms with E-state index in [2.05, 4.69) is 25.5 Å². The van der Waals surface area contributed by atoms with Gasteiger partial charge < -0.3 is 20.6 Å². The van der Waals surface area contributed by atoms with E-state index in [1.165, 1.54) is 0 Å². The van der Waals surface area contributed by atoms with Crippen molar-refractivity contribution >= 4 is 11.8 Å². The maximum absolute atomic E-state index is 8.69. The first-order chi connectivity index (χ1) is 8.33. The molecule has 0 spiro atoms. The van der Waals surface area contributed by atoms with Crippen LogP contribution < -0.4 is 15.5 Å². The lowest BCUT2D eigenvalue weighted by molar-refractivity contribution is 0.292. The molecule has 0 unspecified atom stereocenters. The molecule has 0 saturated carbocycles. The van der Waals surface area contributed by atoms with E-state index in [1.807, 2.05) is 13.1 Å². The molecule has 2 heterocycles. The minimum absolute atomic E-state index is 0.183. The van der Waals surface area contributed by atoms with Crippen molar-refractivity contribution in [2.24, 2.45) is 0 Å². The van der Waals surface area contributed by atoms with Crippen LogP contribution in [0.1, 0.15) is 6.42 Å². The number of nitrogens with one attached hydrogen (secondary N) is 2. The van der Waals surface area contributed by atoms with Crippen LogP contribution in [0.2, 0.25) is 0 Å². The minimum Gasteiger partial charge on any atom is -0.396 e. The Kier molecular flexibility index (Phi) is 4.11. The second-order valence-corrected chi connectivity index (χ2v) is 4.13. The molecule has 3 N–H and O–H groups in total. The summed E-state index contributed by atoms with van der Waals surface area (Å²) in [7, 11) is 1.98. The molecule has 0 aliphatic carbocycles. The van der Waals surface area contributed by atoms with E-state index in [1.54, 1.807) is 6.20 Å². The summed E-state index contributed by atoms with van der Waals surface area (Å²) in [6.45, 7) is 2.86. The Balaban J connectivity index is 1.88. The lowest BCUT2D eigenvalue weighted by atomic mass is 10.1. The molecule has 1 aromatic rings. The summed E-state index contributed by atoms with van der Waals surface area (Å²) in [5.74, 6) is 1.59. The van der Waals surface area contributed by atoms with Gasteiger partial charge in [-0.25, -0.2) is 4.98 Å². The normalized spacial score (nSPS) is 15.8. The predicted molar refractivity (Wildman–Crippen MR) is 67.3 cm³/mol. The van der Waals surface area contributed by atoms with Crippen LogP contribution in [0.25, 0.3) is 0 Å². The Morgan fingerprint density at radius 3 is 3.06 bits per heavy atom. The van der Waals surface area contributed by atoms with E-state index < -0.39 is 0 Å². The quantitative estimate of drug-likeness (QED) is 0.589. The second-order valence-electron chi connectivity index (χ2n) is 4.13. The van der Waals surface area contributed by atoms with Crippen LogP contribution in [-0.4, -0.2) is 54.4 Å². The summed E-state index contributed by atoms with van der Waals surface area (Å²) in [6, 6.07) is 2.49. The molecule has 6 nitrogen and oxygen atoms in total. The lowest BCUT2D eigenvalue weighted by Gasteiger charge is -2.39. The first-order valence-corrected chi connectivity index (χ1v) is 5.93. The number of hydrogen-bond acceptors (Lipinski definition) is 6. The van der Waals surface area contributed by atoms with Crippen molar-refractivity contribution in [1.29, 1.82) is 0 Å². The largest absolute Gasteiger partial charge is 0.396 e. The molecular formula is C11H19N5O. The highest BCUT2D eigenvalue weighted by molar-refractivity contribution is 5.45. The van der Waals surface area contributed by atoms with E-state index in [-0.39, 0.29) is 6.61 Å². The zero-order chi connectivity index (χ0) is 12.1. The maximum atomic E-state index is 8.69. The molecule has 0 amide bonds. The number of hydrogen-bond donors (Lipinski definition) is 3. The van der Waals surface area contributed by atoms with Crippen molar-refractivity contribution in [3.63, 3.8) is 0 Å². The number of rotatable bonds is 6. The van der Waals surface area contributed by atoms with Gasteiger partial charge in [0.2, 0.25) is 5.95 Å². The monoisotopic (exact) mass is 237 g/mol. The van der Waals surface area contributed by atoms with Gasteiger partial charge in [-0.1, -0.05) is 0 Å². The predicted octanol–water partition coefficient (Wildman–Crippen LogP) is -0.321. The highest BCUT2D eigenvalue weighted by atomic mass is 16.3. The molecule has 1 aliphatic rings. The zero-order valence-electron chi connectivity index (χ0n) is 10.1. The standard InChI is InChI=1S/C11H19N5O/c1-12-9-7-16(8-9)10-3-5-14-11(15-10)13-4-2-6-17/h3,5,9,12,17H,2,4,6-8H2,1H3,(H,13,14,15). The average Bonchev–Trinajstić information content (AvgIpc) is 2.29. The smallest absolute Gasteiger partial charge is 0.224 e. The van der Waals surface area contributed by atoms with Crippen molar-refractivity contribution in [3.8, 4) is 0 Å². The fourth-order valence-electron chi connectivity index (χ4n) is 1.74. The summed E-state index contributed by atoms with van der Waals surface area (Å²) in [5.41, 5.74) is 0. The van der Waals surface area contributed by atoms with Crippen LogP contribution in [-0.2, 0) is 0 Å². The fourth-order valence-corrected chi connectivity index (χ4v) is 1.74. The van der Waals surface area contributed by atoms with Crippen LogP contribution >= 0.6 is 0 Å². The van der Waals surface area contributed by atoms with Crippen LogP contribution in [0, 0.1) is 0 Å².